The van der Waals surface area contributed by atoms with Crippen LogP contribution >= 0.6 is 22.9 Å². The summed E-state index contributed by atoms with van der Waals surface area (Å²) in [4.78, 5) is 1.01. The molecule has 1 aromatic rings. The van der Waals surface area contributed by atoms with Crippen molar-refractivity contribution in [3.8, 4) is 0 Å². The minimum absolute atomic E-state index is 0.186. The molecule has 0 radical (unpaired) electrons. The van der Waals surface area contributed by atoms with Gasteiger partial charge in [0.15, 0.2) is 0 Å². The summed E-state index contributed by atoms with van der Waals surface area (Å²) in [6, 6.07) is 3.64. The fourth-order valence-electron chi connectivity index (χ4n) is 1.22. The van der Waals surface area contributed by atoms with E-state index in [0.717, 1.165) is 4.88 Å². The molecule has 3 nitrogen and oxygen atoms in total. The van der Waals surface area contributed by atoms with Crippen LogP contribution < -0.4 is 4.72 Å². The zero-order chi connectivity index (χ0) is 11.5. The predicted octanol–water partition coefficient (Wildman–Crippen LogP) is 2.56. The fourth-order valence-corrected chi connectivity index (χ4v) is 3.28. The third kappa shape index (κ3) is 3.75. The van der Waals surface area contributed by atoms with E-state index in [1.807, 2.05) is 31.4 Å². The fraction of sp³-hybridized carbons (Fsp3) is 0.556. The van der Waals surface area contributed by atoms with Gasteiger partial charge in [-0.15, -0.1) is 22.9 Å². The Balaban J connectivity index is 2.86. The third-order valence-electron chi connectivity index (χ3n) is 1.97. The molecule has 1 aromatic heterocycles. The maximum Gasteiger partial charge on any atom is 0.226 e. The molecule has 0 aromatic carbocycles. The number of hydrogen-bond donors (Lipinski definition) is 1. The van der Waals surface area contributed by atoms with Crippen molar-refractivity contribution < 1.29 is 8.42 Å². The van der Waals surface area contributed by atoms with Gasteiger partial charge >= 0.3 is 0 Å². The van der Waals surface area contributed by atoms with Gasteiger partial charge < -0.3 is 0 Å². The van der Waals surface area contributed by atoms with Crippen LogP contribution in [0.5, 0.6) is 0 Å². The monoisotopic (exact) mass is 267 g/mol. The summed E-state index contributed by atoms with van der Waals surface area (Å²) in [6.45, 7) is 3.95. The van der Waals surface area contributed by atoms with E-state index >= 15 is 0 Å². The van der Waals surface area contributed by atoms with E-state index < -0.39 is 15.2 Å². The highest BCUT2D eigenvalue weighted by Crippen LogP contribution is 2.26. The van der Waals surface area contributed by atoms with Crippen molar-refractivity contribution in [2.24, 2.45) is 5.92 Å². The number of rotatable bonds is 5. The SMILES string of the molecule is CC(C)C(NS(=O)(=O)CCl)c1cccs1. The first kappa shape index (κ1) is 13.0. The Morgan fingerprint density at radius 2 is 2.20 bits per heavy atom. The zero-order valence-electron chi connectivity index (χ0n) is 8.60. The van der Waals surface area contributed by atoms with Crippen LogP contribution in [0.25, 0.3) is 0 Å². The van der Waals surface area contributed by atoms with E-state index in [2.05, 4.69) is 4.72 Å². The molecule has 0 amide bonds. The molecule has 0 bridgehead atoms. The predicted molar refractivity (Wildman–Crippen MR) is 64.7 cm³/mol. The van der Waals surface area contributed by atoms with E-state index in [1.54, 1.807) is 11.3 Å². The standard InChI is InChI=1S/C9H14ClNO2S2/c1-7(2)9(8-4-3-5-14-8)11-15(12,13)6-10/h3-5,7,9,11H,6H2,1-2H3. The average molecular weight is 268 g/mol. The van der Waals surface area contributed by atoms with Crippen molar-refractivity contribution in [2.45, 2.75) is 19.9 Å². The number of hydrogen-bond acceptors (Lipinski definition) is 3. The molecule has 0 aliphatic carbocycles. The van der Waals surface area contributed by atoms with Crippen molar-refractivity contribution in [1.29, 1.82) is 0 Å². The Hall–Kier alpha value is -0.100. The second-order valence-corrected chi connectivity index (χ2v) is 6.90. The normalized spacial score (nSPS) is 14.4. The number of halogens is 1. The zero-order valence-corrected chi connectivity index (χ0v) is 11.0. The molecule has 0 fully saturated rings. The first-order valence-electron chi connectivity index (χ1n) is 4.55. The smallest absolute Gasteiger partial charge is 0.211 e. The van der Waals surface area contributed by atoms with Crippen molar-refractivity contribution in [1.82, 2.24) is 4.72 Å². The maximum atomic E-state index is 11.4. The van der Waals surface area contributed by atoms with Crippen LogP contribution in [-0.2, 0) is 10.0 Å². The lowest BCUT2D eigenvalue weighted by Gasteiger charge is -2.20. The van der Waals surface area contributed by atoms with Crippen molar-refractivity contribution in [2.75, 3.05) is 5.21 Å². The first-order chi connectivity index (χ1) is 6.96. The minimum atomic E-state index is -3.37. The molecule has 0 aliphatic heterocycles. The van der Waals surface area contributed by atoms with Crippen LogP contribution in [-0.4, -0.2) is 13.6 Å². The molecule has 15 heavy (non-hydrogen) atoms. The van der Waals surface area contributed by atoms with Crippen molar-refractivity contribution in [3.05, 3.63) is 22.4 Å². The van der Waals surface area contributed by atoms with Gasteiger partial charge in [0.25, 0.3) is 0 Å². The van der Waals surface area contributed by atoms with Gasteiger partial charge in [-0.05, 0) is 17.4 Å². The molecule has 1 unspecified atom stereocenters. The summed E-state index contributed by atoms with van der Waals surface area (Å²) in [6.07, 6.45) is 0. The van der Waals surface area contributed by atoms with Crippen LogP contribution in [0.4, 0.5) is 0 Å². The van der Waals surface area contributed by atoms with E-state index in [1.165, 1.54) is 0 Å². The van der Waals surface area contributed by atoms with Crippen LogP contribution in [0, 0.1) is 5.92 Å². The third-order valence-corrected chi connectivity index (χ3v) is 4.68. The molecule has 0 spiro atoms. The highest BCUT2D eigenvalue weighted by molar-refractivity contribution is 7.90. The molecular weight excluding hydrogens is 254 g/mol. The Bertz CT molecular complexity index is 386. The Kier molecular flexibility index (Phi) is 4.58. The van der Waals surface area contributed by atoms with E-state index in [9.17, 15) is 8.42 Å². The summed E-state index contributed by atoms with van der Waals surface area (Å²) in [5, 5.41) is 1.53. The minimum Gasteiger partial charge on any atom is -0.211 e. The van der Waals surface area contributed by atoms with Crippen LogP contribution in [0.15, 0.2) is 17.5 Å². The first-order valence-corrected chi connectivity index (χ1v) is 7.62. The van der Waals surface area contributed by atoms with Crippen LogP contribution in [0.2, 0.25) is 0 Å². The van der Waals surface area contributed by atoms with Gasteiger partial charge in [-0.2, -0.15) is 0 Å². The Morgan fingerprint density at radius 3 is 2.60 bits per heavy atom. The summed E-state index contributed by atoms with van der Waals surface area (Å²) >= 11 is 6.90. The summed E-state index contributed by atoms with van der Waals surface area (Å²) in [5.41, 5.74) is 0. The molecule has 1 atom stereocenters. The number of sulfonamides is 1. The molecule has 1 N–H and O–H groups in total. The molecule has 0 saturated heterocycles. The summed E-state index contributed by atoms with van der Waals surface area (Å²) < 4.78 is 25.3. The number of thiophene rings is 1. The molecule has 1 heterocycles. The highest BCUT2D eigenvalue weighted by Gasteiger charge is 2.22. The molecule has 86 valence electrons. The Labute approximate surface area is 99.5 Å². The molecule has 0 aliphatic rings. The second-order valence-electron chi connectivity index (χ2n) is 3.58. The quantitative estimate of drug-likeness (QED) is 0.834. The molecule has 0 saturated carbocycles. The van der Waals surface area contributed by atoms with Crippen LogP contribution in [0.3, 0.4) is 0 Å². The summed E-state index contributed by atoms with van der Waals surface area (Å²) in [7, 11) is -3.37. The van der Waals surface area contributed by atoms with E-state index in [0.29, 0.717) is 0 Å². The molecule has 1 rings (SSSR count). The highest BCUT2D eigenvalue weighted by atomic mass is 35.5. The van der Waals surface area contributed by atoms with Gasteiger partial charge in [0, 0.05) is 4.88 Å². The lowest BCUT2D eigenvalue weighted by Crippen LogP contribution is -2.31. The van der Waals surface area contributed by atoms with Gasteiger partial charge in [-0.1, -0.05) is 19.9 Å². The number of nitrogens with one attached hydrogen (secondary N) is 1. The number of alkyl halides is 1. The van der Waals surface area contributed by atoms with Gasteiger partial charge in [0.05, 0.1) is 6.04 Å². The largest absolute Gasteiger partial charge is 0.226 e. The van der Waals surface area contributed by atoms with Crippen LogP contribution in [0.1, 0.15) is 24.8 Å². The van der Waals surface area contributed by atoms with Gasteiger partial charge in [-0.3, -0.25) is 0 Å². The Morgan fingerprint density at radius 1 is 1.53 bits per heavy atom. The van der Waals surface area contributed by atoms with Crippen molar-refractivity contribution >= 4 is 33.0 Å². The van der Waals surface area contributed by atoms with Gasteiger partial charge in [-0.25, -0.2) is 13.1 Å². The topological polar surface area (TPSA) is 46.2 Å². The van der Waals surface area contributed by atoms with E-state index in [4.69, 9.17) is 11.6 Å². The average Bonchev–Trinajstić information content (AvgIpc) is 2.66. The lowest BCUT2D eigenvalue weighted by atomic mass is 10.0. The lowest BCUT2D eigenvalue weighted by molar-refractivity contribution is 0.470. The second kappa shape index (κ2) is 5.30. The molecular formula is C9H14ClNO2S2. The molecule has 6 heteroatoms. The summed E-state index contributed by atoms with van der Waals surface area (Å²) in [5.74, 6) is 0.196. The van der Waals surface area contributed by atoms with Gasteiger partial charge in [0.1, 0.15) is 5.21 Å². The van der Waals surface area contributed by atoms with E-state index in [-0.39, 0.29) is 12.0 Å². The van der Waals surface area contributed by atoms with Crippen molar-refractivity contribution in [3.63, 3.8) is 0 Å². The van der Waals surface area contributed by atoms with Gasteiger partial charge in [0.2, 0.25) is 10.0 Å². The maximum absolute atomic E-state index is 11.4.